The number of hydrogen-bond donors (Lipinski definition) is 1. The SMILES string of the molecule is CCN(CC)c1ccc(NCCSC(F)(F)F)cc1. The van der Waals surface area contributed by atoms with E-state index in [1.54, 1.807) is 0 Å². The van der Waals surface area contributed by atoms with Crippen molar-refractivity contribution in [2.45, 2.75) is 19.4 Å². The molecule has 108 valence electrons. The van der Waals surface area contributed by atoms with Crippen LogP contribution >= 0.6 is 11.8 Å². The molecule has 6 heteroatoms. The first-order valence-corrected chi connectivity index (χ1v) is 7.24. The molecular formula is C13H19F3N2S. The van der Waals surface area contributed by atoms with Crippen LogP contribution in [0.15, 0.2) is 24.3 Å². The van der Waals surface area contributed by atoms with Crippen LogP contribution in [0.1, 0.15) is 13.8 Å². The average Bonchev–Trinajstić information content (AvgIpc) is 2.37. The second-order valence-electron chi connectivity index (χ2n) is 3.94. The lowest BCUT2D eigenvalue weighted by Gasteiger charge is -2.21. The summed E-state index contributed by atoms with van der Waals surface area (Å²) >= 11 is -0.00262. The van der Waals surface area contributed by atoms with Crippen molar-refractivity contribution in [1.82, 2.24) is 0 Å². The number of thioether (sulfide) groups is 1. The first-order chi connectivity index (χ1) is 8.96. The molecule has 0 amide bonds. The minimum atomic E-state index is -4.14. The van der Waals surface area contributed by atoms with Crippen LogP contribution in [0.3, 0.4) is 0 Å². The zero-order chi connectivity index (χ0) is 14.3. The highest BCUT2D eigenvalue weighted by molar-refractivity contribution is 8.00. The van der Waals surface area contributed by atoms with Crippen LogP contribution in [0.25, 0.3) is 0 Å². The van der Waals surface area contributed by atoms with Gasteiger partial charge in [-0.3, -0.25) is 0 Å². The van der Waals surface area contributed by atoms with E-state index in [1.165, 1.54) is 0 Å². The van der Waals surface area contributed by atoms with Crippen LogP contribution < -0.4 is 10.2 Å². The Balaban J connectivity index is 2.40. The second kappa shape index (κ2) is 7.53. The molecule has 0 bridgehead atoms. The maximum atomic E-state index is 11.9. The van der Waals surface area contributed by atoms with E-state index >= 15 is 0 Å². The summed E-state index contributed by atoms with van der Waals surface area (Å²) < 4.78 is 35.8. The van der Waals surface area contributed by atoms with Crippen LogP contribution in [0.5, 0.6) is 0 Å². The third-order valence-corrected chi connectivity index (χ3v) is 3.43. The van der Waals surface area contributed by atoms with Gasteiger partial charge in [0.05, 0.1) is 0 Å². The van der Waals surface area contributed by atoms with Crippen LogP contribution in [0.2, 0.25) is 0 Å². The van der Waals surface area contributed by atoms with Crippen molar-refractivity contribution in [3.8, 4) is 0 Å². The lowest BCUT2D eigenvalue weighted by Crippen LogP contribution is -2.21. The average molecular weight is 292 g/mol. The highest BCUT2D eigenvalue weighted by atomic mass is 32.2. The van der Waals surface area contributed by atoms with Gasteiger partial charge < -0.3 is 10.2 Å². The molecule has 1 N–H and O–H groups in total. The molecule has 0 spiro atoms. The van der Waals surface area contributed by atoms with Crippen molar-refractivity contribution in [3.63, 3.8) is 0 Å². The minimum absolute atomic E-state index is 0.00262. The van der Waals surface area contributed by atoms with E-state index in [4.69, 9.17) is 0 Å². The fourth-order valence-electron chi connectivity index (χ4n) is 1.74. The van der Waals surface area contributed by atoms with Gasteiger partial charge in [-0.05, 0) is 49.9 Å². The molecule has 0 unspecified atom stereocenters. The van der Waals surface area contributed by atoms with Gasteiger partial charge in [0.2, 0.25) is 0 Å². The van der Waals surface area contributed by atoms with E-state index in [0.717, 1.165) is 24.5 Å². The van der Waals surface area contributed by atoms with Gasteiger partial charge >= 0.3 is 5.51 Å². The molecule has 0 atom stereocenters. The van der Waals surface area contributed by atoms with Gasteiger partial charge in [0, 0.05) is 36.8 Å². The standard InChI is InChI=1S/C13H19F3N2S/c1-3-18(4-2)12-7-5-11(6-8-12)17-9-10-19-13(14,15)16/h5-8,17H,3-4,9-10H2,1-2H3. The Morgan fingerprint density at radius 3 is 2.16 bits per heavy atom. The number of rotatable bonds is 7. The highest BCUT2D eigenvalue weighted by Gasteiger charge is 2.27. The Labute approximate surface area is 116 Å². The lowest BCUT2D eigenvalue weighted by atomic mass is 10.2. The summed E-state index contributed by atoms with van der Waals surface area (Å²) in [5, 5.41) is 2.98. The monoisotopic (exact) mass is 292 g/mol. The lowest BCUT2D eigenvalue weighted by molar-refractivity contribution is -0.0327. The summed E-state index contributed by atoms with van der Waals surface area (Å²) in [6.07, 6.45) is 0. The van der Waals surface area contributed by atoms with Crippen molar-refractivity contribution in [2.24, 2.45) is 0 Å². The van der Waals surface area contributed by atoms with E-state index in [9.17, 15) is 13.2 Å². The molecular weight excluding hydrogens is 273 g/mol. The van der Waals surface area contributed by atoms with Gasteiger partial charge in [-0.1, -0.05) is 0 Å². The molecule has 0 aliphatic carbocycles. The summed E-state index contributed by atoms with van der Waals surface area (Å²) in [6.45, 7) is 6.35. The zero-order valence-electron chi connectivity index (χ0n) is 11.1. The van der Waals surface area contributed by atoms with Gasteiger partial charge in [0.1, 0.15) is 0 Å². The van der Waals surface area contributed by atoms with E-state index in [1.807, 2.05) is 24.3 Å². The predicted molar refractivity (Wildman–Crippen MR) is 77.0 cm³/mol. The summed E-state index contributed by atoms with van der Waals surface area (Å²) in [4.78, 5) is 2.21. The fourth-order valence-corrected chi connectivity index (χ4v) is 2.18. The number of alkyl halides is 3. The largest absolute Gasteiger partial charge is 0.441 e. The number of nitrogens with zero attached hydrogens (tertiary/aromatic N) is 1. The van der Waals surface area contributed by atoms with Crippen molar-refractivity contribution >= 4 is 23.1 Å². The molecule has 1 aromatic rings. The van der Waals surface area contributed by atoms with Crippen molar-refractivity contribution in [1.29, 1.82) is 0 Å². The summed E-state index contributed by atoms with van der Waals surface area (Å²) in [6, 6.07) is 7.75. The molecule has 19 heavy (non-hydrogen) atoms. The zero-order valence-corrected chi connectivity index (χ0v) is 11.9. The molecule has 0 radical (unpaired) electrons. The van der Waals surface area contributed by atoms with Gasteiger partial charge in [-0.25, -0.2) is 0 Å². The van der Waals surface area contributed by atoms with Crippen molar-refractivity contribution in [2.75, 3.05) is 35.6 Å². The van der Waals surface area contributed by atoms with Crippen molar-refractivity contribution in [3.05, 3.63) is 24.3 Å². The normalized spacial score (nSPS) is 11.4. The van der Waals surface area contributed by atoms with E-state index < -0.39 is 5.51 Å². The third-order valence-electron chi connectivity index (χ3n) is 2.69. The van der Waals surface area contributed by atoms with Gasteiger partial charge in [0.25, 0.3) is 0 Å². The maximum Gasteiger partial charge on any atom is 0.441 e. The highest BCUT2D eigenvalue weighted by Crippen LogP contribution is 2.29. The van der Waals surface area contributed by atoms with Crippen LogP contribution in [-0.2, 0) is 0 Å². The fraction of sp³-hybridized carbons (Fsp3) is 0.538. The van der Waals surface area contributed by atoms with Crippen LogP contribution in [-0.4, -0.2) is 30.9 Å². The molecule has 0 saturated carbocycles. The molecule has 0 aliphatic rings. The summed E-state index contributed by atoms with van der Waals surface area (Å²) in [5.41, 5.74) is -2.17. The first-order valence-electron chi connectivity index (χ1n) is 6.25. The minimum Gasteiger partial charge on any atom is -0.384 e. The third kappa shape index (κ3) is 6.09. The quantitative estimate of drug-likeness (QED) is 0.758. The smallest absolute Gasteiger partial charge is 0.384 e. The predicted octanol–water partition coefficient (Wildman–Crippen LogP) is 4.20. The topological polar surface area (TPSA) is 15.3 Å². The molecule has 0 heterocycles. The van der Waals surface area contributed by atoms with E-state index in [2.05, 4.69) is 24.1 Å². The Kier molecular flexibility index (Phi) is 6.34. The van der Waals surface area contributed by atoms with Crippen molar-refractivity contribution < 1.29 is 13.2 Å². The van der Waals surface area contributed by atoms with Gasteiger partial charge in [0.15, 0.2) is 0 Å². The maximum absolute atomic E-state index is 11.9. The van der Waals surface area contributed by atoms with Crippen LogP contribution in [0.4, 0.5) is 24.5 Å². The van der Waals surface area contributed by atoms with Crippen LogP contribution in [0, 0.1) is 0 Å². The Bertz CT molecular complexity index is 361. The Morgan fingerprint density at radius 1 is 1.11 bits per heavy atom. The number of nitrogens with one attached hydrogen (secondary N) is 1. The molecule has 1 rings (SSSR count). The number of halogens is 3. The summed E-state index contributed by atoms with van der Waals surface area (Å²) in [7, 11) is 0. The molecule has 0 aromatic heterocycles. The van der Waals surface area contributed by atoms with E-state index in [0.29, 0.717) is 6.54 Å². The molecule has 0 saturated heterocycles. The Hall–Kier alpha value is -1.04. The van der Waals surface area contributed by atoms with Gasteiger partial charge in [-0.2, -0.15) is 13.2 Å². The number of benzene rings is 1. The number of hydrogen-bond acceptors (Lipinski definition) is 3. The first kappa shape index (κ1) is 16.0. The molecule has 1 aromatic carbocycles. The molecule has 0 fully saturated rings. The van der Waals surface area contributed by atoms with E-state index in [-0.39, 0.29) is 17.5 Å². The second-order valence-corrected chi connectivity index (χ2v) is 5.10. The summed E-state index contributed by atoms with van der Waals surface area (Å²) in [5.74, 6) is 0.0152. The van der Waals surface area contributed by atoms with Gasteiger partial charge in [-0.15, -0.1) is 0 Å². The Morgan fingerprint density at radius 2 is 1.68 bits per heavy atom. The molecule has 0 aliphatic heterocycles. The number of anilines is 2. The molecule has 2 nitrogen and oxygen atoms in total.